The highest BCUT2D eigenvalue weighted by Crippen LogP contribution is 2.49. The summed E-state index contributed by atoms with van der Waals surface area (Å²) in [7, 11) is 1.70. The number of likely N-dealkylation sites (tertiary alicyclic amines) is 1. The quantitative estimate of drug-likeness (QED) is 0.902. The molecule has 1 aliphatic carbocycles. The first-order valence-electron chi connectivity index (χ1n) is 9.17. The van der Waals surface area contributed by atoms with E-state index in [0.29, 0.717) is 13.0 Å². The minimum atomic E-state index is -0.0630. The number of aromatic amines is 1. The lowest BCUT2D eigenvalue weighted by molar-refractivity contribution is -0.130. The number of carbonyl (C=O) groups is 2. The molecule has 5 nitrogen and oxygen atoms in total. The second-order valence-electron chi connectivity index (χ2n) is 7.55. The van der Waals surface area contributed by atoms with E-state index in [9.17, 15) is 9.59 Å². The topological polar surface area (TPSA) is 65.2 Å². The van der Waals surface area contributed by atoms with Gasteiger partial charge in [0.2, 0.25) is 11.8 Å². The molecule has 0 unspecified atom stereocenters. The molecule has 132 valence electrons. The molecular formula is C20H25N3O2. The normalized spacial score (nSPS) is 22.0. The Balaban J connectivity index is 1.53. The molecule has 0 radical (unpaired) electrons. The van der Waals surface area contributed by atoms with E-state index in [2.05, 4.69) is 10.3 Å². The second kappa shape index (κ2) is 6.21. The van der Waals surface area contributed by atoms with Crippen LogP contribution in [0.25, 0.3) is 10.9 Å². The lowest BCUT2D eigenvalue weighted by Crippen LogP contribution is -2.38. The zero-order chi connectivity index (χ0) is 17.4. The van der Waals surface area contributed by atoms with Crippen molar-refractivity contribution in [3.8, 4) is 0 Å². The van der Waals surface area contributed by atoms with Gasteiger partial charge in [0.15, 0.2) is 0 Å². The Morgan fingerprint density at radius 2 is 2.04 bits per heavy atom. The van der Waals surface area contributed by atoms with Crippen molar-refractivity contribution in [1.82, 2.24) is 15.2 Å². The lowest BCUT2D eigenvalue weighted by atomic mass is 9.76. The minimum Gasteiger partial charge on any atom is -0.361 e. The first-order chi connectivity index (χ1) is 12.1. The van der Waals surface area contributed by atoms with E-state index in [1.807, 2.05) is 35.4 Å². The van der Waals surface area contributed by atoms with Crippen LogP contribution in [0.3, 0.4) is 0 Å². The number of fused-ring (bicyclic) bond motifs is 1. The number of carbonyl (C=O) groups excluding carboxylic acids is 2. The number of nitrogens with zero attached hydrogens (tertiary/aromatic N) is 1. The fourth-order valence-corrected chi connectivity index (χ4v) is 4.83. The van der Waals surface area contributed by atoms with Gasteiger partial charge < -0.3 is 15.2 Å². The van der Waals surface area contributed by atoms with Crippen molar-refractivity contribution in [2.75, 3.05) is 20.1 Å². The summed E-state index contributed by atoms with van der Waals surface area (Å²) < 4.78 is 0. The van der Waals surface area contributed by atoms with E-state index in [1.54, 1.807) is 7.05 Å². The average Bonchev–Trinajstić information content (AvgIpc) is 3.35. The van der Waals surface area contributed by atoms with E-state index < -0.39 is 0 Å². The molecule has 2 amide bonds. The van der Waals surface area contributed by atoms with Crippen LogP contribution >= 0.6 is 0 Å². The number of aromatic nitrogens is 1. The fourth-order valence-electron chi connectivity index (χ4n) is 4.83. The summed E-state index contributed by atoms with van der Waals surface area (Å²) in [6.45, 7) is 1.28. The summed E-state index contributed by atoms with van der Waals surface area (Å²) in [6.07, 6.45) is 6.76. The maximum Gasteiger partial charge on any atom is 0.227 e. The van der Waals surface area contributed by atoms with Crippen LogP contribution in [0, 0.1) is 11.3 Å². The zero-order valence-corrected chi connectivity index (χ0v) is 14.7. The molecule has 1 aromatic carbocycles. The molecule has 25 heavy (non-hydrogen) atoms. The number of hydrogen-bond acceptors (Lipinski definition) is 2. The monoisotopic (exact) mass is 339 g/mol. The first-order valence-corrected chi connectivity index (χ1v) is 9.17. The molecule has 1 saturated carbocycles. The molecule has 1 atom stereocenters. The third kappa shape index (κ3) is 2.71. The van der Waals surface area contributed by atoms with E-state index in [0.717, 1.165) is 48.7 Å². The van der Waals surface area contributed by atoms with Crippen molar-refractivity contribution in [2.24, 2.45) is 11.3 Å². The predicted molar refractivity (Wildman–Crippen MR) is 97.0 cm³/mol. The van der Waals surface area contributed by atoms with E-state index in [4.69, 9.17) is 0 Å². The van der Waals surface area contributed by atoms with Gasteiger partial charge in [-0.25, -0.2) is 0 Å². The van der Waals surface area contributed by atoms with Gasteiger partial charge in [-0.2, -0.15) is 0 Å². The third-order valence-corrected chi connectivity index (χ3v) is 6.18. The van der Waals surface area contributed by atoms with Crippen molar-refractivity contribution in [3.63, 3.8) is 0 Å². The van der Waals surface area contributed by atoms with Crippen molar-refractivity contribution in [2.45, 2.75) is 32.1 Å². The Hall–Kier alpha value is -2.30. The highest BCUT2D eigenvalue weighted by molar-refractivity contribution is 5.89. The molecule has 1 aromatic heterocycles. The molecule has 2 aromatic rings. The average molecular weight is 339 g/mol. The van der Waals surface area contributed by atoms with Gasteiger partial charge in [-0.05, 0) is 24.5 Å². The van der Waals surface area contributed by atoms with Crippen molar-refractivity contribution in [1.29, 1.82) is 0 Å². The Morgan fingerprint density at radius 3 is 2.80 bits per heavy atom. The van der Waals surface area contributed by atoms with Crippen LogP contribution in [0.5, 0.6) is 0 Å². The van der Waals surface area contributed by atoms with E-state index in [1.165, 1.54) is 0 Å². The summed E-state index contributed by atoms with van der Waals surface area (Å²) in [5.41, 5.74) is 2.09. The first kappa shape index (κ1) is 16.2. The number of H-pyrrole nitrogens is 1. The summed E-state index contributed by atoms with van der Waals surface area (Å²) in [6, 6.07) is 8.05. The van der Waals surface area contributed by atoms with Crippen molar-refractivity contribution >= 4 is 22.7 Å². The summed E-state index contributed by atoms with van der Waals surface area (Å²) in [5, 5.41) is 3.91. The molecular weight excluding hydrogens is 314 g/mol. The van der Waals surface area contributed by atoms with Gasteiger partial charge in [0.1, 0.15) is 0 Å². The Kier molecular flexibility index (Phi) is 4.02. The molecule has 1 aliphatic heterocycles. The zero-order valence-electron chi connectivity index (χ0n) is 14.7. The molecule has 1 saturated heterocycles. The van der Waals surface area contributed by atoms with E-state index >= 15 is 0 Å². The van der Waals surface area contributed by atoms with Gasteiger partial charge in [0.25, 0.3) is 0 Å². The SMILES string of the molecule is CNC(=O)[C@@H]1CN(C(=O)Cc2c[nH]c3ccccc23)CC12CCCC2. The fraction of sp³-hybridized carbons (Fsp3) is 0.500. The van der Waals surface area contributed by atoms with Crippen LogP contribution in [-0.4, -0.2) is 41.8 Å². The largest absolute Gasteiger partial charge is 0.361 e. The number of nitrogens with one attached hydrogen (secondary N) is 2. The number of para-hydroxylation sites is 1. The van der Waals surface area contributed by atoms with Crippen molar-refractivity contribution in [3.05, 3.63) is 36.0 Å². The number of amides is 2. The highest BCUT2D eigenvalue weighted by Gasteiger charge is 2.51. The molecule has 2 fully saturated rings. The summed E-state index contributed by atoms with van der Waals surface area (Å²) >= 11 is 0. The molecule has 1 spiro atoms. The molecule has 2 aliphatic rings. The van der Waals surface area contributed by atoms with Gasteiger partial charge in [-0.15, -0.1) is 0 Å². The Morgan fingerprint density at radius 1 is 1.28 bits per heavy atom. The molecule has 2 N–H and O–H groups in total. The lowest BCUT2D eigenvalue weighted by Gasteiger charge is -2.28. The molecule has 4 rings (SSSR count). The van der Waals surface area contributed by atoms with Crippen LogP contribution in [0.15, 0.2) is 30.5 Å². The van der Waals surface area contributed by atoms with Gasteiger partial charge in [0.05, 0.1) is 12.3 Å². The maximum absolute atomic E-state index is 12.9. The van der Waals surface area contributed by atoms with Gasteiger partial charge in [-0.1, -0.05) is 31.0 Å². The second-order valence-corrected chi connectivity index (χ2v) is 7.55. The standard InChI is InChI=1S/C20H25N3O2/c1-21-19(25)16-12-23(13-20(16)8-4-5-9-20)18(24)10-14-11-22-17-7-3-2-6-15(14)17/h2-3,6-7,11,16,22H,4-5,8-10,12-13H2,1H3,(H,21,25)/t16-/m0/s1. The molecule has 2 heterocycles. The highest BCUT2D eigenvalue weighted by atomic mass is 16.2. The van der Waals surface area contributed by atoms with Crippen molar-refractivity contribution < 1.29 is 9.59 Å². The van der Waals surface area contributed by atoms with Gasteiger partial charge in [-0.3, -0.25) is 9.59 Å². The van der Waals surface area contributed by atoms with Crippen LogP contribution in [0.1, 0.15) is 31.2 Å². The van der Waals surface area contributed by atoms with Crippen LogP contribution in [0.2, 0.25) is 0 Å². The molecule has 0 bridgehead atoms. The maximum atomic E-state index is 12.9. The Bertz CT molecular complexity index is 804. The third-order valence-electron chi connectivity index (χ3n) is 6.18. The van der Waals surface area contributed by atoms with Crippen LogP contribution in [0.4, 0.5) is 0 Å². The predicted octanol–water partition coefficient (Wildman–Crippen LogP) is 2.48. The number of hydrogen-bond donors (Lipinski definition) is 2. The van der Waals surface area contributed by atoms with Gasteiger partial charge in [0, 0.05) is 42.7 Å². The van der Waals surface area contributed by atoms with Crippen LogP contribution < -0.4 is 5.32 Å². The molecule has 5 heteroatoms. The van der Waals surface area contributed by atoms with Gasteiger partial charge >= 0.3 is 0 Å². The minimum absolute atomic E-state index is 0.00400. The smallest absolute Gasteiger partial charge is 0.227 e. The Labute approximate surface area is 147 Å². The summed E-state index contributed by atoms with van der Waals surface area (Å²) in [5.74, 6) is 0.152. The number of rotatable bonds is 3. The van der Waals surface area contributed by atoms with Crippen LogP contribution in [-0.2, 0) is 16.0 Å². The van der Waals surface area contributed by atoms with E-state index in [-0.39, 0.29) is 23.1 Å². The number of benzene rings is 1. The summed E-state index contributed by atoms with van der Waals surface area (Å²) in [4.78, 5) is 30.5.